The highest BCUT2D eigenvalue weighted by molar-refractivity contribution is 7.92. The van der Waals surface area contributed by atoms with Gasteiger partial charge < -0.3 is 5.11 Å². The molecular weight excluding hydrogens is 326 g/mol. The maximum Gasteiger partial charge on any atom is 0.320 e. The monoisotopic (exact) mass is 343 g/mol. The van der Waals surface area contributed by atoms with E-state index in [2.05, 4.69) is 0 Å². The van der Waals surface area contributed by atoms with Crippen molar-refractivity contribution in [1.29, 1.82) is 0 Å². The highest BCUT2D eigenvalue weighted by Crippen LogP contribution is 2.36. The second-order valence-corrected chi connectivity index (χ2v) is 8.57. The van der Waals surface area contributed by atoms with Gasteiger partial charge in [0.05, 0.1) is 15.2 Å². The summed E-state index contributed by atoms with van der Waals surface area (Å²) in [5.41, 5.74) is 0. The van der Waals surface area contributed by atoms with Crippen molar-refractivity contribution in [2.75, 3.05) is 6.54 Å². The lowest BCUT2D eigenvalue weighted by atomic mass is 9.91. The molecule has 1 aliphatic carbocycles. The lowest BCUT2D eigenvalue weighted by Crippen LogP contribution is -2.46. The van der Waals surface area contributed by atoms with Crippen LogP contribution in [0.25, 0.3) is 0 Å². The summed E-state index contributed by atoms with van der Waals surface area (Å²) >= 11 is 6.01. The van der Waals surface area contributed by atoms with Gasteiger partial charge in [-0.25, -0.2) is 8.42 Å². The number of nitrogens with zero attached hydrogens (tertiary/aromatic N) is 1. The van der Waals surface area contributed by atoms with Crippen molar-refractivity contribution in [3.63, 3.8) is 0 Å². The molecule has 2 atom stereocenters. The summed E-state index contributed by atoms with van der Waals surface area (Å²) in [6.45, 7) is 0.273. The van der Waals surface area contributed by atoms with Crippen LogP contribution in [0.5, 0.6) is 0 Å². The zero-order chi connectivity index (χ0) is 15.9. The molecule has 2 fully saturated rings. The zero-order valence-corrected chi connectivity index (χ0v) is 13.6. The average Bonchev–Trinajstić information content (AvgIpc) is 2.82. The molecule has 2 aliphatic rings. The lowest BCUT2D eigenvalue weighted by molar-refractivity contribution is -0.143. The molecule has 1 saturated carbocycles. The van der Waals surface area contributed by atoms with Crippen molar-refractivity contribution < 1.29 is 18.3 Å². The summed E-state index contributed by atoms with van der Waals surface area (Å²) in [6, 6.07) is 5.82. The number of hydrogen-bond acceptors (Lipinski definition) is 4. The average molecular weight is 344 g/mol. The van der Waals surface area contributed by atoms with E-state index in [0.717, 1.165) is 19.3 Å². The molecule has 1 aromatic rings. The number of carboxylic acids is 1. The molecule has 1 aromatic carbocycles. The number of likely N-dealkylation sites (tertiary alicyclic amines) is 1. The van der Waals surface area contributed by atoms with Gasteiger partial charge in [0.25, 0.3) is 0 Å². The van der Waals surface area contributed by atoms with Crippen LogP contribution in [-0.4, -0.2) is 48.3 Å². The molecule has 0 aromatic heterocycles. The third-order valence-electron chi connectivity index (χ3n) is 4.71. The van der Waals surface area contributed by atoms with Gasteiger partial charge in [-0.05, 0) is 31.4 Å². The van der Waals surface area contributed by atoms with Crippen molar-refractivity contribution in [3.8, 4) is 0 Å². The van der Waals surface area contributed by atoms with Crippen LogP contribution < -0.4 is 0 Å². The molecule has 1 heterocycles. The van der Waals surface area contributed by atoms with Gasteiger partial charge in [0, 0.05) is 12.6 Å². The summed E-state index contributed by atoms with van der Waals surface area (Å²) in [4.78, 5) is 13.4. The first-order valence-electron chi connectivity index (χ1n) is 7.38. The predicted octanol–water partition coefficient (Wildman–Crippen LogP) is 2.19. The number of benzene rings is 1. The van der Waals surface area contributed by atoms with Crippen molar-refractivity contribution in [3.05, 3.63) is 29.3 Å². The van der Waals surface area contributed by atoms with Crippen LogP contribution in [0.2, 0.25) is 5.02 Å². The number of halogens is 1. The van der Waals surface area contributed by atoms with Gasteiger partial charge >= 0.3 is 5.97 Å². The molecule has 0 unspecified atom stereocenters. The minimum absolute atomic E-state index is 0.0984. The highest BCUT2D eigenvalue weighted by atomic mass is 35.5. The van der Waals surface area contributed by atoms with Gasteiger partial charge in [-0.1, -0.05) is 30.2 Å². The van der Waals surface area contributed by atoms with Gasteiger partial charge in [-0.15, -0.1) is 0 Å². The van der Waals surface area contributed by atoms with Crippen molar-refractivity contribution in [2.24, 2.45) is 0 Å². The van der Waals surface area contributed by atoms with Gasteiger partial charge in [0.15, 0.2) is 9.84 Å². The zero-order valence-electron chi connectivity index (χ0n) is 12.0. The van der Waals surface area contributed by atoms with Crippen molar-refractivity contribution >= 4 is 27.4 Å². The van der Waals surface area contributed by atoms with E-state index in [4.69, 9.17) is 11.6 Å². The van der Waals surface area contributed by atoms with Crippen molar-refractivity contribution in [1.82, 2.24) is 4.90 Å². The molecule has 1 saturated heterocycles. The molecule has 0 amide bonds. The molecule has 7 heteroatoms. The van der Waals surface area contributed by atoms with E-state index < -0.39 is 27.1 Å². The second-order valence-electron chi connectivity index (χ2n) is 5.97. The summed E-state index contributed by atoms with van der Waals surface area (Å²) < 4.78 is 25.6. The standard InChI is InChI=1S/C15H18ClNO4S/c16-12-6-1-2-7-14(12)22(20,21)11-8-13(15(18)19)17(9-11)10-4-3-5-10/h1-2,6-7,10-11,13H,3-5,8-9H2,(H,18,19)/t11-,13+/m1/s1. The predicted molar refractivity (Wildman–Crippen MR) is 82.8 cm³/mol. The number of rotatable bonds is 4. The third kappa shape index (κ3) is 2.64. The van der Waals surface area contributed by atoms with E-state index in [9.17, 15) is 18.3 Å². The van der Waals surface area contributed by atoms with Crippen LogP contribution in [0.15, 0.2) is 29.2 Å². The first kappa shape index (κ1) is 15.8. The third-order valence-corrected chi connectivity index (χ3v) is 7.34. The SMILES string of the molecule is O=C(O)[C@@H]1C[C@@H](S(=O)(=O)c2ccccc2Cl)CN1C1CCC1. The van der Waals surface area contributed by atoms with E-state index in [0.29, 0.717) is 0 Å². The van der Waals surface area contributed by atoms with E-state index in [1.165, 1.54) is 6.07 Å². The van der Waals surface area contributed by atoms with E-state index >= 15 is 0 Å². The number of carboxylic acid groups (broad SMARTS) is 1. The molecule has 3 rings (SSSR count). The Hall–Kier alpha value is -1.11. The normalized spacial score (nSPS) is 26.8. The fourth-order valence-electron chi connectivity index (χ4n) is 3.27. The molecule has 1 N–H and O–H groups in total. The fourth-order valence-corrected chi connectivity index (χ4v) is 5.50. The first-order valence-corrected chi connectivity index (χ1v) is 9.30. The molecule has 22 heavy (non-hydrogen) atoms. The van der Waals surface area contributed by atoms with Gasteiger partial charge in [-0.2, -0.15) is 0 Å². The minimum atomic E-state index is -3.62. The fraction of sp³-hybridized carbons (Fsp3) is 0.533. The number of sulfone groups is 1. The topological polar surface area (TPSA) is 74.7 Å². The van der Waals surface area contributed by atoms with E-state index in [-0.39, 0.29) is 28.9 Å². The van der Waals surface area contributed by atoms with E-state index in [1.807, 2.05) is 4.90 Å². The number of aliphatic carboxylic acids is 1. The Morgan fingerprint density at radius 1 is 1.27 bits per heavy atom. The van der Waals surface area contributed by atoms with Crippen LogP contribution in [0, 0.1) is 0 Å². The maximum atomic E-state index is 12.8. The summed E-state index contributed by atoms with van der Waals surface area (Å²) in [7, 11) is -3.62. The lowest BCUT2D eigenvalue weighted by Gasteiger charge is -2.37. The van der Waals surface area contributed by atoms with Crippen LogP contribution in [0.1, 0.15) is 25.7 Å². The smallest absolute Gasteiger partial charge is 0.320 e. The van der Waals surface area contributed by atoms with Gasteiger partial charge in [0.1, 0.15) is 6.04 Å². The Kier molecular flexibility index (Phi) is 4.18. The van der Waals surface area contributed by atoms with Gasteiger partial charge in [-0.3, -0.25) is 9.69 Å². The van der Waals surface area contributed by atoms with Crippen LogP contribution in [0.4, 0.5) is 0 Å². The van der Waals surface area contributed by atoms with Crippen molar-refractivity contribution in [2.45, 2.75) is 47.9 Å². The number of carbonyl (C=O) groups is 1. The minimum Gasteiger partial charge on any atom is -0.480 e. The molecular formula is C15H18ClNO4S. The Morgan fingerprint density at radius 2 is 1.95 bits per heavy atom. The summed E-state index contributed by atoms with van der Waals surface area (Å²) in [5, 5.41) is 8.88. The highest BCUT2D eigenvalue weighted by Gasteiger charge is 2.47. The molecule has 1 aliphatic heterocycles. The van der Waals surface area contributed by atoms with E-state index in [1.54, 1.807) is 18.2 Å². The molecule has 120 valence electrons. The quantitative estimate of drug-likeness (QED) is 0.907. The number of hydrogen-bond donors (Lipinski definition) is 1. The Morgan fingerprint density at radius 3 is 2.50 bits per heavy atom. The molecule has 5 nitrogen and oxygen atoms in total. The largest absolute Gasteiger partial charge is 0.480 e. The summed E-state index contributed by atoms with van der Waals surface area (Å²) in [5.74, 6) is -0.941. The molecule has 0 bridgehead atoms. The molecule has 0 radical (unpaired) electrons. The Bertz CT molecular complexity index is 687. The first-order chi connectivity index (χ1) is 10.4. The Labute approximate surface area is 134 Å². The maximum absolute atomic E-state index is 12.8. The summed E-state index contributed by atoms with van der Waals surface area (Å²) in [6.07, 6.45) is 3.10. The van der Waals surface area contributed by atoms with Crippen LogP contribution in [-0.2, 0) is 14.6 Å². The molecule has 0 spiro atoms. The Balaban J connectivity index is 1.89. The van der Waals surface area contributed by atoms with Crippen LogP contribution in [0.3, 0.4) is 0 Å². The van der Waals surface area contributed by atoms with Crippen LogP contribution >= 0.6 is 11.6 Å². The second kappa shape index (κ2) is 5.83. The van der Waals surface area contributed by atoms with Gasteiger partial charge in [0.2, 0.25) is 0 Å².